The standard InChI is InChI=1S/C17H19NO3/c1-21-16-4-2-3-15(11-16)17(20)18-10-9-13-5-7-14(12-19)8-6-13/h2-8,11,19H,9-10,12H2,1H3,(H,18,20). The molecule has 0 aromatic heterocycles. The Kier molecular flexibility index (Phi) is 5.35. The smallest absolute Gasteiger partial charge is 0.251 e. The van der Waals surface area contributed by atoms with E-state index in [4.69, 9.17) is 9.84 Å². The summed E-state index contributed by atoms with van der Waals surface area (Å²) in [6, 6.07) is 14.8. The molecule has 2 aromatic rings. The first kappa shape index (κ1) is 15.1. The van der Waals surface area contributed by atoms with Crippen molar-refractivity contribution in [2.75, 3.05) is 13.7 Å². The van der Waals surface area contributed by atoms with Gasteiger partial charge in [0.05, 0.1) is 13.7 Å². The van der Waals surface area contributed by atoms with E-state index < -0.39 is 0 Å². The van der Waals surface area contributed by atoms with Crippen LogP contribution < -0.4 is 10.1 Å². The predicted octanol–water partition coefficient (Wildman–Crippen LogP) is 2.16. The van der Waals surface area contributed by atoms with Gasteiger partial charge in [-0.1, -0.05) is 30.3 Å². The monoisotopic (exact) mass is 285 g/mol. The summed E-state index contributed by atoms with van der Waals surface area (Å²) in [6.07, 6.45) is 0.751. The Balaban J connectivity index is 1.85. The molecule has 0 spiro atoms. The summed E-state index contributed by atoms with van der Waals surface area (Å²) in [5.41, 5.74) is 2.60. The van der Waals surface area contributed by atoms with Gasteiger partial charge in [0, 0.05) is 12.1 Å². The fourth-order valence-electron chi connectivity index (χ4n) is 2.00. The van der Waals surface area contributed by atoms with Crippen molar-refractivity contribution in [3.8, 4) is 5.75 Å². The second-order valence-electron chi connectivity index (χ2n) is 4.71. The quantitative estimate of drug-likeness (QED) is 0.855. The van der Waals surface area contributed by atoms with Gasteiger partial charge in [0.25, 0.3) is 5.91 Å². The Morgan fingerprint density at radius 1 is 1.14 bits per heavy atom. The molecular weight excluding hydrogens is 266 g/mol. The molecule has 0 saturated heterocycles. The minimum absolute atomic E-state index is 0.0485. The minimum atomic E-state index is -0.110. The Morgan fingerprint density at radius 2 is 1.86 bits per heavy atom. The lowest BCUT2D eigenvalue weighted by molar-refractivity contribution is 0.0954. The van der Waals surface area contributed by atoms with Crippen LogP contribution in [0.1, 0.15) is 21.5 Å². The largest absolute Gasteiger partial charge is 0.497 e. The third-order valence-corrected chi connectivity index (χ3v) is 3.24. The second kappa shape index (κ2) is 7.45. The molecule has 0 saturated carbocycles. The topological polar surface area (TPSA) is 58.6 Å². The molecule has 2 aromatic carbocycles. The molecule has 2 rings (SSSR count). The average Bonchev–Trinajstić information content (AvgIpc) is 2.55. The zero-order valence-corrected chi connectivity index (χ0v) is 12.0. The Labute approximate surface area is 124 Å². The van der Waals surface area contributed by atoms with Gasteiger partial charge in [-0.15, -0.1) is 0 Å². The lowest BCUT2D eigenvalue weighted by Crippen LogP contribution is -2.25. The van der Waals surface area contributed by atoms with E-state index in [2.05, 4.69) is 5.32 Å². The Morgan fingerprint density at radius 3 is 2.52 bits per heavy atom. The number of amides is 1. The molecule has 0 atom stereocenters. The van der Waals surface area contributed by atoms with E-state index in [0.717, 1.165) is 17.5 Å². The molecule has 0 aliphatic carbocycles. The molecule has 21 heavy (non-hydrogen) atoms. The molecule has 1 amide bonds. The Hall–Kier alpha value is -2.33. The van der Waals surface area contributed by atoms with E-state index in [1.165, 1.54) is 0 Å². The fourth-order valence-corrected chi connectivity index (χ4v) is 2.00. The van der Waals surface area contributed by atoms with E-state index >= 15 is 0 Å². The number of nitrogens with one attached hydrogen (secondary N) is 1. The van der Waals surface area contributed by atoms with E-state index in [9.17, 15) is 4.79 Å². The van der Waals surface area contributed by atoms with Crippen LogP contribution in [0.3, 0.4) is 0 Å². The van der Waals surface area contributed by atoms with Crippen molar-refractivity contribution in [3.63, 3.8) is 0 Å². The summed E-state index contributed by atoms with van der Waals surface area (Å²) < 4.78 is 5.10. The lowest BCUT2D eigenvalue weighted by Gasteiger charge is -2.07. The van der Waals surface area contributed by atoms with Crippen molar-refractivity contribution in [2.24, 2.45) is 0 Å². The second-order valence-corrected chi connectivity index (χ2v) is 4.71. The van der Waals surface area contributed by atoms with Gasteiger partial charge >= 0.3 is 0 Å². The van der Waals surface area contributed by atoms with E-state index in [0.29, 0.717) is 17.9 Å². The van der Waals surface area contributed by atoms with Crippen LogP contribution in [-0.4, -0.2) is 24.7 Å². The zero-order valence-electron chi connectivity index (χ0n) is 12.0. The van der Waals surface area contributed by atoms with Gasteiger partial charge in [-0.25, -0.2) is 0 Å². The molecule has 0 aliphatic rings. The minimum Gasteiger partial charge on any atom is -0.497 e. The van der Waals surface area contributed by atoms with Gasteiger partial charge in [-0.3, -0.25) is 4.79 Å². The number of aliphatic hydroxyl groups is 1. The highest BCUT2D eigenvalue weighted by molar-refractivity contribution is 5.94. The van der Waals surface area contributed by atoms with Gasteiger partial charge < -0.3 is 15.2 Å². The van der Waals surface area contributed by atoms with Crippen LogP contribution in [0.25, 0.3) is 0 Å². The average molecular weight is 285 g/mol. The van der Waals surface area contributed by atoms with Crippen LogP contribution in [-0.2, 0) is 13.0 Å². The number of carbonyl (C=O) groups excluding carboxylic acids is 1. The molecule has 0 heterocycles. The Bertz CT molecular complexity index is 593. The maximum Gasteiger partial charge on any atom is 0.251 e. The maximum atomic E-state index is 12.0. The summed E-state index contributed by atoms with van der Waals surface area (Å²) in [5.74, 6) is 0.558. The highest BCUT2D eigenvalue weighted by Gasteiger charge is 2.05. The lowest BCUT2D eigenvalue weighted by atomic mass is 10.1. The number of carbonyl (C=O) groups is 1. The van der Waals surface area contributed by atoms with Crippen LogP contribution in [0.4, 0.5) is 0 Å². The zero-order chi connectivity index (χ0) is 15.1. The number of aliphatic hydroxyl groups excluding tert-OH is 1. The number of hydrogen-bond donors (Lipinski definition) is 2. The summed E-state index contributed by atoms with van der Waals surface area (Å²) in [7, 11) is 1.58. The molecule has 0 fully saturated rings. The van der Waals surface area contributed by atoms with Crippen molar-refractivity contribution < 1.29 is 14.6 Å². The predicted molar refractivity (Wildman–Crippen MR) is 81.4 cm³/mol. The van der Waals surface area contributed by atoms with Crippen molar-refractivity contribution in [1.82, 2.24) is 5.32 Å². The number of ether oxygens (including phenoxy) is 1. The normalized spacial score (nSPS) is 10.2. The van der Waals surface area contributed by atoms with Gasteiger partial charge in [0.15, 0.2) is 0 Å². The van der Waals surface area contributed by atoms with Crippen LogP contribution >= 0.6 is 0 Å². The van der Waals surface area contributed by atoms with Gasteiger partial charge in [-0.2, -0.15) is 0 Å². The van der Waals surface area contributed by atoms with Crippen molar-refractivity contribution in [2.45, 2.75) is 13.0 Å². The molecule has 110 valence electrons. The van der Waals surface area contributed by atoms with Crippen LogP contribution in [0.15, 0.2) is 48.5 Å². The number of rotatable bonds is 6. The third kappa shape index (κ3) is 4.33. The highest BCUT2D eigenvalue weighted by Crippen LogP contribution is 2.12. The summed E-state index contributed by atoms with van der Waals surface area (Å²) >= 11 is 0. The molecular formula is C17H19NO3. The summed E-state index contributed by atoms with van der Waals surface area (Å²) in [4.78, 5) is 12.0. The third-order valence-electron chi connectivity index (χ3n) is 3.24. The number of methoxy groups -OCH3 is 1. The van der Waals surface area contributed by atoms with Crippen molar-refractivity contribution in [3.05, 3.63) is 65.2 Å². The summed E-state index contributed by atoms with van der Waals surface area (Å²) in [6.45, 7) is 0.612. The molecule has 0 radical (unpaired) electrons. The molecule has 2 N–H and O–H groups in total. The molecule has 0 bridgehead atoms. The highest BCUT2D eigenvalue weighted by atomic mass is 16.5. The van der Waals surface area contributed by atoms with Gasteiger partial charge in [0.2, 0.25) is 0 Å². The van der Waals surface area contributed by atoms with Crippen LogP contribution in [0.5, 0.6) is 5.75 Å². The van der Waals surface area contributed by atoms with Crippen LogP contribution in [0, 0.1) is 0 Å². The molecule has 0 unspecified atom stereocenters. The number of hydrogen-bond acceptors (Lipinski definition) is 3. The summed E-state index contributed by atoms with van der Waals surface area (Å²) in [5, 5.41) is 11.9. The van der Waals surface area contributed by atoms with Crippen LogP contribution in [0.2, 0.25) is 0 Å². The van der Waals surface area contributed by atoms with Crippen molar-refractivity contribution >= 4 is 5.91 Å². The fraction of sp³-hybridized carbons (Fsp3) is 0.235. The first-order chi connectivity index (χ1) is 10.2. The maximum absolute atomic E-state index is 12.0. The van der Waals surface area contributed by atoms with E-state index in [1.807, 2.05) is 24.3 Å². The molecule has 4 nitrogen and oxygen atoms in total. The first-order valence-corrected chi connectivity index (χ1v) is 6.84. The van der Waals surface area contributed by atoms with E-state index in [-0.39, 0.29) is 12.5 Å². The first-order valence-electron chi connectivity index (χ1n) is 6.84. The molecule has 0 aliphatic heterocycles. The molecule has 4 heteroatoms. The van der Waals surface area contributed by atoms with Gasteiger partial charge in [-0.05, 0) is 35.7 Å². The SMILES string of the molecule is COc1cccc(C(=O)NCCc2ccc(CO)cc2)c1. The number of benzene rings is 2. The van der Waals surface area contributed by atoms with E-state index in [1.54, 1.807) is 31.4 Å². The van der Waals surface area contributed by atoms with Gasteiger partial charge in [0.1, 0.15) is 5.75 Å². The van der Waals surface area contributed by atoms with Crippen molar-refractivity contribution in [1.29, 1.82) is 0 Å².